The monoisotopic (exact) mass is 289 g/mol. The summed E-state index contributed by atoms with van der Waals surface area (Å²) < 4.78 is 5.43. The van der Waals surface area contributed by atoms with Crippen molar-refractivity contribution in [2.75, 3.05) is 40.4 Å². The molecular weight excluding hydrogens is 262 g/mol. The lowest BCUT2D eigenvalue weighted by atomic mass is 10.1. The van der Waals surface area contributed by atoms with Crippen LogP contribution in [0.25, 0.3) is 0 Å². The average Bonchev–Trinajstić information content (AvgIpc) is 2.98. The third kappa shape index (κ3) is 5.05. The molecule has 1 aliphatic rings. The Balaban J connectivity index is 1.75. The summed E-state index contributed by atoms with van der Waals surface area (Å²) in [5.74, 6) is 1.60. The van der Waals surface area contributed by atoms with E-state index in [1.165, 1.54) is 11.1 Å². The molecule has 1 heterocycles. The van der Waals surface area contributed by atoms with Crippen molar-refractivity contribution in [3.05, 3.63) is 35.4 Å². The summed E-state index contributed by atoms with van der Waals surface area (Å²) in [7, 11) is 3.94. The maximum atomic E-state index is 5.43. The van der Waals surface area contributed by atoms with Gasteiger partial charge in [0.15, 0.2) is 5.96 Å². The van der Waals surface area contributed by atoms with E-state index in [4.69, 9.17) is 4.74 Å². The summed E-state index contributed by atoms with van der Waals surface area (Å²) >= 11 is 0. The van der Waals surface area contributed by atoms with Crippen LogP contribution in [0.5, 0.6) is 0 Å². The Morgan fingerprint density at radius 3 is 2.76 bits per heavy atom. The maximum absolute atomic E-state index is 5.43. The van der Waals surface area contributed by atoms with E-state index in [2.05, 4.69) is 53.4 Å². The summed E-state index contributed by atoms with van der Waals surface area (Å²) in [4.78, 5) is 6.57. The molecule has 1 aliphatic heterocycles. The normalized spacial score (nSPS) is 18.8. The van der Waals surface area contributed by atoms with Crippen molar-refractivity contribution in [1.29, 1.82) is 0 Å². The van der Waals surface area contributed by atoms with Crippen LogP contribution in [-0.2, 0) is 11.2 Å². The van der Waals surface area contributed by atoms with Crippen LogP contribution in [-0.4, -0.2) is 51.3 Å². The average molecular weight is 289 g/mol. The topological polar surface area (TPSA) is 36.9 Å². The predicted octanol–water partition coefficient (Wildman–Crippen LogP) is 2.08. The molecule has 0 amide bonds. The lowest BCUT2D eigenvalue weighted by Crippen LogP contribution is -2.42. The molecule has 1 aromatic carbocycles. The fourth-order valence-corrected chi connectivity index (χ4v) is 2.66. The van der Waals surface area contributed by atoms with Gasteiger partial charge in [0.1, 0.15) is 0 Å². The van der Waals surface area contributed by atoms with E-state index in [-0.39, 0.29) is 0 Å². The van der Waals surface area contributed by atoms with Crippen LogP contribution in [0, 0.1) is 12.8 Å². The highest BCUT2D eigenvalue weighted by atomic mass is 16.5. The lowest BCUT2D eigenvalue weighted by Gasteiger charge is -2.24. The van der Waals surface area contributed by atoms with E-state index in [0.29, 0.717) is 5.92 Å². The molecule has 0 aromatic heterocycles. The van der Waals surface area contributed by atoms with Crippen LogP contribution in [0.4, 0.5) is 0 Å². The van der Waals surface area contributed by atoms with Crippen molar-refractivity contribution >= 4 is 5.96 Å². The predicted molar refractivity (Wildman–Crippen MR) is 87.8 cm³/mol. The fraction of sp³-hybridized carbons (Fsp3) is 0.588. The van der Waals surface area contributed by atoms with Crippen LogP contribution in [0.3, 0.4) is 0 Å². The highest BCUT2D eigenvalue weighted by molar-refractivity contribution is 5.79. The van der Waals surface area contributed by atoms with Gasteiger partial charge in [-0.25, -0.2) is 0 Å². The number of rotatable bonds is 5. The zero-order chi connectivity index (χ0) is 15.1. The minimum absolute atomic E-state index is 0.630. The molecule has 1 unspecified atom stereocenters. The lowest BCUT2D eigenvalue weighted by molar-refractivity contribution is 0.181. The van der Waals surface area contributed by atoms with Gasteiger partial charge in [0, 0.05) is 39.7 Å². The first-order chi connectivity index (χ1) is 10.2. The summed E-state index contributed by atoms with van der Waals surface area (Å²) in [5.41, 5.74) is 2.66. The Bertz CT molecular complexity index is 450. The minimum atomic E-state index is 0.630. The zero-order valence-corrected chi connectivity index (χ0v) is 13.4. The number of aliphatic imine (C=N–C) groups is 1. The van der Waals surface area contributed by atoms with Gasteiger partial charge < -0.3 is 15.0 Å². The molecule has 2 rings (SSSR count). The van der Waals surface area contributed by atoms with Gasteiger partial charge in [-0.3, -0.25) is 4.99 Å². The molecule has 1 aromatic rings. The SMILES string of the molecule is CN=C(NCCc1ccc(C)cc1)N(C)CC1CCOC1. The number of nitrogens with zero attached hydrogens (tertiary/aromatic N) is 2. The molecule has 0 radical (unpaired) electrons. The first-order valence-corrected chi connectivity index (χ1v) is 7.74. The summed E-state index contributed by atoms with van der Waals surface area (Å²) in [6, 6.07) is 8.71. The van der Waals surface area contributed by atoms with Crippen molar-refractivity contribution in [1.82, 2.24) is 10.2 Å². The molecule has 1 N–H and O–H groups in total. The number of aryl methyl sites for hydroxylation is 1. The van der Waals surface area contributed by atoms with E-state index in [1.54, 1.807) is 0 Å². The van der Waals surface area contributed by atoms with Gasteiger partial charge in [-0.15, -0.1) is 0 Å². The molecule has 4 nitrogen and oxygen atoms in total. The molecule has 4 heteroatoms. The Labute approximate surface area is 128 Å². The second kappa shape index (κ2) is 8.03. The number of nitrogens with one attached hydrogen (secondary N) is 1. The second-order valence-electron chi connectivity index (χ2n) is 5.82. The number of hydrogen-bond acceptors (Lipinski definition) is 2. The Morgan fingerprint density at radius 1 is 1.38 bits per heavy atom. The largest absolute Gasteiger partial charge is 0.381 e. The molecule has 0 bridgehead atoms. The van der Waals surface area contributed by atoms with Gasteiger partial charge in [-0.05, 0) is 25.3 Å². The first kappa shape index (κ1) is 15.8. The number of ether oxygens (including phenoxy) is 1. The number of guanidine groups is 1. The summed E-state index contributed by atoms with van der Waals surface area (Å²) in [6.07, 6.45) is 2.17. The third-order valence-corrected chi connectivity index (χ3v) is 3.95. The zero-order valence-electron chi connectivity index (χ0n) is 13.4. The number of benzene rings is 1. The highest BCUT2D eigenvalue weighted by Crippen LogP contribution is 2.13. The molecule has 0 aliphatic carbocycles. The van der Waals surface area contributed by atoms with Crippen LogP contribution in [0.2, 0.25) is 0 Å². The van der Waals surface area contributed by atoms with Crippen molar-refractivity contribution in [2.24, 2.45) is 10.9 Å². The van der Waals surface area contributed by atoms with Gasteiger partial charge >= 0.3 is 0 Å². The maximum Gasteiger partial charge on any atom is 0.193 e. The Kier molecular flexibility index (Phi) is 6.05. The third-order valence-electron chi connectivity index (χ3n) is 3.95. The van der Waals surface area contributed by atoms with Crippen LogP contribution >= 0.6 is 0 Å². The Hall–Kier alpha value is -1.55. The second-order valence-corrected chi connectivity index (χ2v) is 5.82. The standard InChI is InChI=1S/C17H27N3O/c1-14-4-6-15(7-5-14)8-10-19-17(18-2)20(3)12-16-9-11-21-13-16/h4-7,16H,8-13H2,1-3H3,(H,18,19). The molecule has 0 saturated carbocycles. The molecule has 21 heavy (non-hydrogen) atoms. The molecule has 1 saturated heterocycles. The quantitative estimate of drug-likeness (QED) is 0.666. The molecule has 1 atom stereocenters. The van der Waals surface area contributed by atoms with Crippen LogP contribution in [0.1, 0.15) is 17.5 Å². The van der Waals surface area contributed by atoms with E-state index < -0.39 is 0 Å². The van der Waals surface area contributed by atoms with E-state index in [1.807, 2.05) is 7.05 Å². The molecule has 1 fully saturated rings. The number of hydrogen-bond donors (Lipinski definition) is 1. The summed E-state index contributed by atoms with van der Waals surface area (Å²) in [5, 5.41) is 3.44. The van der Waals surface area contributed by atoms with Crippen molar-refractivity contribution in [3.63, 3.8) is 0 Å². The first-order valence-electron chi connectivity index (χ1n) is 7.74. The van der Waals surface area contributed by atoms with Crippen molar-refractivity contribution in [3.8, 4) is 0 Å². The van der Waals surface area contributed by atoms with Gasteiger partial charge in [0.2, 0.25) is 0 Å². The van der Waals surface area contributed by atoms with Gasteiger partial charge in [0.05, 0.1) is 6.61 Å². The smallest absolute Gasteiger partial charge is 0.193 e. The van der Waals surface area contributed by atoms with Gasteiger partial charge in [-0.1, -0.05) is 29.8 Å². The molecule has 116 valence electrons. The van der Waals surface area contributed by atoms with E-state index in [9.17, 15) is 0 Å². The van der Waals surface area contributed by atoms with E-state index in [0.717, 1.165) is 45.1 Å². The van der Waals surface area contributed by atoms with Gasteiger partial charge in [-0.2, -0.15) is 0 Å². The Morgan fingerprint density at radius 2 is 2.14 bits per heavy atom. The van der Waals surface area contributed by atoms with Crippen molar-refractivity contribution in [2.45, 2.75) is 19.8 Å². The van der Waals surface area contributed by atoms with Gasteiger partial charge in [0.25, 0.3) is 0 Å². The van der Waals surface area contributed by atoms with Crippen molar-refractivity contribution < 1.29 is 4.74 Å². The van der Waals surface area contributed by atoms with Crippen LogP contribution < -0.4 is 5.32 Å². The van der Waals surface area contributed by atoms with Crippen LogP contribution in [0.15, 0.2) is 29.3 Å². The fourth-order valence-electron chi connectivity index (χ4n) is 2.66. The molecular formula is C17H27N3O. The summed E-state index contributed by atoms with van der Waals surface area (Å²) in [6.45, 7) is 5.81. The minimum Gasteiger partial charge on any atom is -0.381 e. The highest BCUT2D eigenvalue weighted by Gasteiger charge is 2.18. The molecule has 0 spiro atoms. The van der Waals surface area contributed by atoms with E-state index >= 15 is 0 Å².